The molecule has 1 aromatic carbocycles. The number of carbonyl (C=O) groups excluding carboxylic acids is 1. The van der Waals surface area contributed by atoms with E-state index in [2.05, 4.69) is 24.3 Å². The molecule has 0 bridgehead atoms. The van der Waals surface area contributed by atoms with Crippen molar-refractivity contribution in [3.05, 3.63) is 46.3 Å². The van der Waals surface area contributed by atoms with Gasteiger partial charge >= 0.3 is 5.97 Å². The summed E-state index contributed by atoms with van der Waals surface area (Å²) in [5.74, 6) is -0.802. The molecule has 2 aromatic rings. The number of rotatable bonds is 8. The molecule has 27 heavy (non-hydrogen) atoms. The van der Waals surface area contributed by atoms with Crippen LogP contribution in [0.2, 0.25) is 0 Å². The number of anilines is 1. The van der Waals surface area contributed by atoms with Crippen molar-refractivity contribution in [1.29, 1.82) is 0 Å². The molecule has 0 radical (unpaired) electrons. The molecule has 0 unspecified atom stereocenters. The quantitative estimate of drug-likeness (QED) is 0.741. The van der Waals surface area contributed by atoms with Crippen molar-refractivity contribution in [2.24, 2.45) is 5.92 Å². The summed E-state index contributed by atoms with van der Waals surface area (Å²) in [5, 5.41) is 16.6. The van der Waals surface area contributed by atoms with Crippen molar-refractivity contribution in [2.75, 3.05) is 12.4 Å². The molecule has 146 valence electrons. The second-order valence-electron chi connectivity index (χ2n) is 7.11. The van der Waals surface area contributed by atoms with Gasteiger partial charge in [-0.05, 0) is 43.5 Å². The lowest BCUT2D eigenvalue weighted by atomic mass is 10.1. The minimum absolute atomic E-state index is 0.108. The number of nitrogens with zero attached hydrogens (tertiary/aromatic N) is 2. The average Bonchev–Trinajstić information content (AvgIpc) is 2.81. The summed E-state index contributed by atoms with van der Waals surface area (Å²) >= 11 is 0. The lowest BCUT2D eigenvalue weighted by Gasteiger charge is -2.10. The Hall–Kier alpha value is -2.67. The van der Waals surface area contributed by atoms with Gasteiger partial charge in [-0.15, -0.1) is 0 Å². The number of aromatic nitrogens is 2. The number of carboxylic acid groups (broad SMARTS) is 1. The smallest absolute Gasteiger partial charge is 0.335 e. The standard InChI is InChI=1S/C20H27N3O4/c1-12(2)10-23-14(4)18(13(3)22-23)9-19(24)21-17-7-15(11-27-5)6-16(8-17)20(25)26/h6-8,12H,9-11H2,1-5H3,(H,21,24)(H,25,26). The fraction of sp³-hybridized carbons (Fsp3) is 0.450. The maximum absolute atomic E-state index is 12.5. The van der Waals surface area contributed by atoms with E-state index in [0.717, 1.165) is 23.5 Å². The molecule has 2 N–H and O–H groups in total. The van der Waals surface area contributed by atoms with Gasteiger partial charge in [0, 0.05) is 30.6 Å². The van der Waals surface area contributed by atoms with E-state index in [9.17, 15) is 14.7 Å². The summed E-state index contributed by atoms with van der Waals surface area (Å²) in [6, 6.07) is 4.70. The van der Waals surface area contributed by atoms with Gasteiger partial charge < -0.3 is 15.2 Å². The van der Waals surface area contributed by atoms with Crippen LogP contribution < -0.4 is 5.32 Å². The average molecular weight is 373 g/mol. The third-order valence-electron chi connectivity index (χ3n) is 4.24. The molecule has 7 nitrogen and oxygen atoms in total. The molecular weight excluding hydrogens is 346 g/mol. The number of hydrogen-bond acceptors (Lipinski definition) is 4. The summed E-state index contributed by atoms with van der Waals surface area (Å²) in [4.78, 5) is 23.8. The Morgan fingerprint density at radius 2 is 1.96 bits per heavy atom. The van der Waals surface area contributed by atoms with Crippen molar-refractivity contribution >= 4 is 17.6 Å². The number of nitrogens with one attached hydrogen (secondary N) is 1. The molecule has 7 heteroatoms. The summed E-state index contributed by atoms with van der Waals surface area (Å²) in [7, 11) is 1.53. The van der Waals surface area contributed by atoms with Crippen molar-refractivity contribution in [1.82, 2.24) is 9.78 Å². The molecule has 0 aliphatic carbocycles. The van der Waals surface area contributed by atoms with E-state index < -0.39 is 5.97 Å². The van der Waals surface area contributed by atoms with E-state index in [1.165, 1.54) is 19.2 Å². The number of aromatic carboxylic acids is 1. The van der Waals surface area contributed by atoms with Crippen LogP contribution in [0.5, 0.6) is 0 Å². The fourth-order valence-electron chi connectivity index (χ4n) is 3.02. The van der Waals surface area contributed by atoms with Crippen LogP contribution in [-0.4, -0.2) is 33.9 Å². The van der Waals surface area contributed by atoms with E-state index in [0.29, 0.717) is 17.2 Å². The molecule has 2 rings (SSSR count). The monoisotopic (exact) mass is 373 g/mol. The maximum Gasteiger partial charge on any atom is 0.335 e. The molecule has 1 amide bonds. The molecule has 0 saturated heterocycles. The van der Waals surface area contributed by atoms with Gasteiger partial charge in [0.05, 0.1) is 24.3 Å². The first-order chi connectivity index (χ1) is 12.7. The van der Waals surface area contributed by atoms with Gasteiger partial charge in [0.25, 0.3) is 0 Å². The fourth-order valence-corrected chi connectivity index (χ4v) is 3.02. The lowest BCUT2D eigenvalue weighted by Crippen LogP contribution is -2.16. The van der Waals surface area contributed by atoms with Crippen LogP contribution in [0.15, 0.2) is 18.2 Å². The third kappa shape index (κ3) is 5.40. The van der Waals surface area contributed by atoms with Crippen LogP contribution in [0.25, 0.3) is 0 Å². The number of hydrogen-bond donors (Lipinski definition) is 2. The first-order valence-corrected chi connectivity index (χ1v) is 8.90. The minimum atomic E-state index is -1.05. The predicted molar refractivity (Wildman–Crippen MR) is 103 cm³/mol. The Balaban J connectivity index is 2.18. The van der Waals surface area contributed by atoms with Gasteiger partial charge in [-0.25, -0.2) is 4.79 Å². The Kier molecular flexibility index (Phi) is 6.74. The van der Waals surface area contributed by atoms with E-state index in [4.69, 9.17) is 4.74 Å². The van der Waals surface area contributed by atoms with E-state index in [1.807, 2.05) is 18.5 Å². The van der Waals surface area contributed by atoms with Gasteiger partial charge in [-0.1, -0.05) is 13.8 Å². The summed E-state index contributed by atoms with van der Waals surface area (Å²) in [6.45, 7) is 9.17. The highest BCUT2D eigenvalue weighted by atomic mass is 16.5. The van der Waals surface area contributed by atoms with Crippen LogP contribution in [0.4, 0.5) is 5.69 Å². The lowest BCUT2D eigenvalue weighted by molar-refractivity contribution is -0.115. The largest absolute Gasteiger partial charge is 0.478 e. The number of amides is 1. The van der Waals surface area contributed by atoms with Crippen LogP contribution in [0.3, 0.4) is 0 Å². The highest BCUT2D eigenvalue weighted by Gasteiger charge is 2.16. The highest BCUT2D eigenvalue weighted by molar-refractivity contribution is 5.95. The zero-order valence-corrected chi connectivity index (χ0v) is 16.5. The van der Waals surface area contributed by atoms with Gasteiger partial charge in [-0.3, -0.25) is 9.48 Å². The number of carbonyl (C=O) groups is 2. The second kappa shape index (κ2) is 8.81. The van der Waals surface area contributed by atoms with Crippen LogP contribution in [-0.2, 0) is 29.1 Å². The van der Waals surface area contributed by atoms with E-state index in [1.54, 1.807) is 6.07 Å². The van der Waals surface area contributed by atoms with Gasteiger partial charge in [0.15, 0.2) is 0 Å². The van der Waals surface area contributed by atoms with Gasteiger partial charge in [-0.2, -0.15) is 5.10 Å². The normalized spacial score (nSPS) is 11.0. The maximum atomic E-state index is 12.5. The first kappa shape index (κ1) is 20.6. The molecular formula is C20H27N3O4. The molecule has 0 fully saturated rings. The number of aryl methyl sites for hydroxylation is 1. The SMILES string of the molecule is COCc1cc(NC(=O)Cc2c(C)nn(CC(C)C)c2C)cc(C(=O)O)c1. The number of carboxylic acids is 1. The summed E-state index contributed by atoms with van der Waals surface area (Å²) < 4.78 is 7.00. The number of methoxy groups -OCH3 is 1. The molecule has 1 aromatic heterocycles. The topological polar surface area (TPSA) is 93.5 Å². The zero-order valence-electron chi connectivity index (χ0n) is 16.5. The molecule has 0 spiro atoms. The Morgan fingerprint density at radius 3 is 2.56 bits per heavy atom. The van der Waals surface area contributed by atoms with E-state index in [-0.39, 0.29) is 24.5 Å². The zero-order chi connectivity index (χ0) is 20.1. The second-order valence-corrected chi connectivity index (χ2v) is 7.11. The molecule has 1 heterocycles. The Morgan fingerprint density at radius 1 is 1.26 bits per heavy atom. The number of ether oxygens (including phenoxy) is 1. The molecule has 0 atom stereocenters. The van der Waals surface area contributed by atoms with Crippen LogP contribution >= 0.6 is 0 Å². The van der Waals surface area contributed by atoms with Crippen LogP contribution in [0.1, 0.15) is 46.7 Å². The van der Waals surface area contributed by atoms with Gasteiger partial charge in [0.2, 0.25) is 5.91 Å². The highest BCUT2D eigenvalue weighted by Crippen LogP contribution is 2.19. The van der Waals surface area contributed by atoms with Crippen molar-refractivity contribution < 1.29 is 19.4 Å². The molecule has 0 saturated carbocycles. The first-order valence-electron chi connectivity index (χ1n) is 8.90. The van der Waals surface area contributed by atoms with Crippen LogP contribution in [0, 0.1) is 19.8 Å². The Labute approximate surface area is 159 Å². The van der Waals surface area contributed by atoms with E-state index >= 15 is 0 Å². The Bertz CT molecular complexity index is 840. The minimum Gasteiger partial charge on any atom is -0.478 e. The third-order valence-corrected chi connectivity index (χ3v) is 4.24. The summed E-state index contributed by atoms with van der Waals surface area (Å²) in [5.41, 5.74) is 3.96. The summed E-state index contributed by atoms with van der Waals surface area (Å²) in [6.07, 6.45) is 0.187. The predicted octanol–water partition coefficient (Wildman–Crippen LogP) is 3.18. The van der Waals surface area contributed by atoms with Crippen molar-refractivity contribution in [2.45, 2.75) is 47.3 Å². The number of benzene rings is 1. The van der Waals surface area contributed by atoms with Gasteiger partial charge in [0.1, 0.15) is 0 Å². The van der Waals surface area contributed by atoms with Crippen molar-refractivity contribution in [3.8, 4) is 0 Å². The molecule has 0 aliphatic rings. The molecule has 0 aliphatic heterocycles. The van der Waals surface area contributed by atoms with Crippen molar-refractivity contribution in [3.63, 3.8) is 0 Å².